The largest absolute Gasteiger partial charge is 0.368 e. The van der Waals surface area contributed by atoms with Crippen molar-refractivity contribution in [2.45, 2.75) is 19.3 Å². The van der Waals surface area contributed by atoms with Gasteiger partial charge in [-0.15, -0.1) is 0 Å². The summed E-state index contributed by atoms with van der Waals surface area (Å²) in [5.41, 5.74) is 2.19. The van der Waals surface area contributed by atoms with Crippen molar-refractivity contribution in [1.29, 1.82) is 0 Å². The zero-order valence-electron chi connectivity index (χ0n) is 18.8. The Labute approximate surface area is 205 Å². The van der Waals surface area contributed by atoms with Crippen LogP contribution in [0.25, 0.3) is 0 Å². The third-order valence-electron chi connectivity index (χ3n) is 6.39. The number of hydrogen-bond donors (Lipinski definition) is 0. The molecule has 2 heterocycles. The quantitative estimate of drug-likeness (QED) is 0.612. The zero-order chi connectivity index (χ0) is 23.2. The predicted octanol–water partition coefficient (Wildman–Crippen LogP) is 4.16. The van der Waals surface area contributed by atoms with Crippen LogP contribution in [0.3, 0.4) is 0 Å². The molecule has 0 N–H and O–H groups in total. The highest BCUT2D eigenvalue weighted by Crippen LogP contribution is 2.22. The van der Waals surface area contributed by atoms with Crippen molar-refractivity contribution in [1.82, 2.24) is 9.80 Å². The highest BCUT2D eigenvalue weighted by molar-refractivity contribution is 6.31. The number of carbonyl (C=O) groups excluding carboxylic acids is 2. The Hall–Kier alpha value is -2.44. The minimum absolute atomic E-state index is 0.138. The molecular weight excluding hydrogens is 459 g/mol. The number of halogens is 2. The van der Waals surface area contributed by atoms with Crippen molar-refractivity contribution < 1.29 is 9.59 Å². The summed E-state index contributed by atoms with van der Waals surface area (Å²) in [4.78, 5) is 33.6. The fraction of sp³-hybridized carbons (Fsp3) is 0.440. The van der Waals surface area contributed by atoms with Crippen molar-refractivity contribution in [2.24, 2.45) is 0 Å². The van der Waals surface area contributed by atoms with E-state index in [0.29, 0.717) is 45.4 Å². The Morgan fingerprint density at radius 1 is 0.636 bits per heavy atom. The number of hydrogen-bond acceptors (Lipinski definition) is 4. The summed E-state index contributed by atoms with van der Waals surface area (Å²) in [6.45, 7) is 5.97. The van der Waals surface area contributed by atoms with Crippen molar-refractivity contribution in [3.63, 3.8) is 0 Å². The molecular formula is C25H30Cl2N4O2. The van der Waals surface area contributed by atoms with Gasteiger partial charge in [0.05, 0.1) is 0 Å². The van der Waals surface area contributed by atoms with E-state index in [1.807, 2.05) is 58.3 Å². The molecule has 0 aliphatic carbocycles. The summed E-state index contributed by atoms with van der Waals surface area (Å²) < 4.78 is 0. The van der Waals surface area contributed by atoms with E-state index in [1.54, 1.807) is 0 Å². The monoisotopic (exact) mass is 488 g/mol. The van der Waals surface area contributed by atoms with Gasteiger partial charge in [0.2, 0.25) is 11.8 Å². The average Bonchev–Trinajstić information content (AvgIpc) is 2.84. The van der Waals surface area contributed by atoms with Crippen LogP contribution >= 0.6 is 23.2 Å². The smallest absolute Gasteiger partial charge is 0.222 e. The molecule has 0 saturated carbocycles. The number of piperazine rings is 2. The maximum Gasteiger partial charge on any atom is 0.222 e. The van der Waals surface area contributed by atoms with E-state index in [9.17, 15) is 9.59 Å². The van der Waals surface area contributed by atoms with Gasteiger partial charge in [0, 0.05) is 86.6 Å². The van der Waals surface area contributed by atoms with E-state index < -0.39 is 0 Å². The average molecular weight is 489 g/mol. The van der Waals surface area contributed by atoms with Gasteiger partial charge in [0.15, 0.2) is 0 Å². The summed E-state index contributed by atoms with van der Waals surface area (Å²) in [5.74, 6) is 0.277. The molecule has 6 nitrogen and oxygen atoms in total. The molecule has 0 aromatic heterocycles. The number of benzene rings is 2. The van der Waals surface area contributed by atoms with Gasteiger partial charge in [0.1, 0.15) is 0 Å². The Bertz CT molecular complexity index is 893. The van der Waals surface area contributed by atoms with Crippen LogP contribution < -0.4 is 9.80 Å². The highest BCUT2D eigenvalue weighted by Gasteiger charge is 2.23. The lowest BCUT2D eigenvalue weighted by Gasteiger charge is -2.37. The minimum atomic E-state index is 0.138. The Morgan fingerprint density at radius 3 is 1.39 bits per heavy atom. The van der Waals surface area contributed by atoms with E-state index in [4.69, 9.17) is 23.2 Å². The molecule has 2 amide bonds. The summed E-state index contributed by atoms with van der Waals surface area (Å²) in [6, 6.07) is 15.6. The van der Waals surface area contributed by atoms with Crippen molar-refractivity contribution in [3.05, 3.63) is 58.6 Å². The van der Waals surface area contributed by atoms with Crippen LogP contribution in [0.2, 0.25) is 10.0 Å². The van der Waals surface area contributed by atoms with Gasteiger partial charge in [-0.2, -0.15) is 0 Å². The zero-order valence-corrected chi connectivity index (χ0v) is 20.3. The van der Waals surface area contributed by atoms with Gasteiger partial charge >= 0.3 is 0 Å². The first-order valence-corrected chi connectivity index (χ1v) is 12.3. The molecule has 2 fully saturated rings. The van der Waals surface area contributed by atoms with Gasteiger partial charge in [-0.25, -0.2) is 0 Å². The lowest BCUT2D eigenvalue weighted by Crippen LogP contribution is -2.49. The Kier molecular flexibility index (Phi) is 7.99. The second-order valence-electron chi connectivity index (χ2n) is 8.55. The van der Waals surface area contributed by atoms with Crippen LogP contribution in [0, 0.1) is 0 Å². The number of rotatable bonds is 6. The van der Waals surface area contributed by atoms with E-state index >= 15 is 0 Å². The summed E-state index contributed by atoms with van der Waals surface area (Å²) in [6.07, 6.45) is 1.44. The first-order chi connectivity index (χ1) is 16.0. The molecule has 2 aromatic carbocycles. The normalized spacial score (nSPS) is 16.8. The number of amides is 2. The lowest BCUT2D eigenvalue weighted by atomic mass is 10.1. The van der Waals surface area contributed by atoms with Gasteiger partial charge in [-0.3, -0.25) is 9.59 Å². The van der Waals surface area contributed by atoms with Crippen LogP contribution in [0.4, 0.5) is 11.4 Å². The summed E-state index contributed by atoms with van der Waals surface area (Å²) >= 11 is 12.2. The lowest BCUT2D eigenvalue weighted by molar-refractivity contribution is -0.133. The number of carbonyl (C=O) groups is 2. The summed E-state index contributed by atoms with van der Waals surface area (Å²) in [7, 11) is 0. The highest BCUT2D eigenvalue weighted by atomic mass is 35.5. The van der Waals surface area contributed by atoms with Crippen LogP contribution in [0.15, 0.2) is 48.5 Å². The molecule has 2 aliphatic rings. The number of anilines is 2. The minimum Gasteiger partial charge on any atom is -0.368 e. The second kappa shape index (κ2) is 11.1. The molecule has 2 aromatic rings. The molecule has 2 aliphatic heterocycles. The number of nitrogens with zero attached hydrogens (tertiary/aromatic N) is 4. The van der Waals surface area contributed by atoms with Crippen LogP contribution in [0.1, 0.15) is 19.3 Å². The molecule has 176 valence electrons. The maximum atomic E-state index is 12.6. The molecule has 0 bridgehead atoms. The second-order valence-corrected chi connectivity index (χ2v) is 9.42. The topological polar surface area (TPSA) is 47.1 Å². The summed E-state index contributed by atoms with van der Waals surface area (Å²) in [5, 5.41) is 1.45. The van der Waals surface area contributed by atoms with Crippen molar-refractivity contribution in [2.75, 3.05) is 62.2 Å². The van der Waals surface area contributed by atoms with E-state index in [1.165, 1.54) is 0 Å². The van der Waals surface area contributed by atoms with E-state index in [2.05, 4.69) is 9.80 Å². The molecule has 0 spiro atoms. The first kappa shape index (κ1) is 23.7. The molecule has 0 atom stereocenters. The fourth-order valence-corrected chi connectivity index (χ4v) is 4.85. The molecule has 4 rings (SSSR count). The van der Waals surface area contributed by atoms with Gasteiger partial charge < -0.3 is 19.6 Å². The SMILES string of the molecule is O=C(CCCC(=O)N1CCN(c2cccc(Cl)c2)CC1)N1CCN(c2cccc(Cl)c2)CC1. The van der Waals surface area contributed by atoms with Gasteiger partial charge in [-0.1, -0.05) is 35.3 Å². The van der Waals surface area contributed by atoms with Gasteiger partial charge in [0.25, 0.3) is 0 Å². The standard InChI is InChI=1S/C25H30Cl2N4O2/c26-20-4-1-6-22(18-20)28-10-14-30(15-11-28)24(32)8-3-9-25(33)31-16-12-29(13-17-31)23-7-2-5-21(27)19-23/h1-2,4-7,18-19H,3,8-17H2. The molecule has 8 heteroatoms. The van der Waals surface area contributed by atoms with Crippen molar-refractivity contribution >= 4 is 46.4 Å². The van der Waals surface area contributed by atoms with Crippen LogP contribution in [-0.4, -0.2) is 74.0 Å². The maximum absolute atomic E-state index is 12.6. The van der Waals surface area contributed by atoms with E-state index in [-0.39, 0.29) is 11.8 Å². The first-order valence-electron chi connectivity index (χ1n) is 11.6. The Balaban J connectivity index is 1.15. The molecule has 2 saturated heterocycles. The Morgan fingerprint density at radius 2 is 1.03 bits per heavy atom. The van der Waals surface area contributed by atoms with Crippen molar-refractivity contribution in [3.8, 4) is 0 Å². The molecule has 33 heavy (non-hydrogen) atoms. The fourth-order valence-electron chi connectivity index (χ4n) is 4.48. The molecule has 0 radical (unpaired) electrons. The third-order valence-corrected chi connectivity index (χ3v) is 6.86. The third kappa shape index (κ3) is 6.33. The van der Waals surface area contributed by atoms with E-state index in [0.717, 1.165) is 47.6 Å². The van der Waals surface area contributed by atoms with Crippen LogP contribution in [-0.2, 0) is 9.59 Å². The molecule has 0 unspecified atom stereocenters. The van der Waals surface area contributed by atoms with Gasteiger partial charge in [-0.05, 0) is 42.8 Å². The van der Waals surface area contributed by atoms with Crippen LogP contribution in [0.5, 0.6) is 0 Å². The predicted molar refractivity (Wildman–Crippen MR) is 134 cm³/mol.